The first-order chi connectivity index (χ1) is 9.16. The summed E-state index contributed by atoms with van der Waals surface area (Å²) < 4.78 is 15.3. The van der Waals surface area contributed by atoms with Crippen LogP contribution in [-0.2, 0) is 0 Å². The molecule has 1 nitrogen and oxygen atoms in total. The molecule has 0 bridgehead atoms. The van der Waals surface area contributed by atoms with Crippen LogP contribution in [-0.4, -0.2) is 4.57 Å². The molecule has 0 radical (unpaired) electrons. The fourth-order valence-electron chi connectivity index (χ4n) is 2.49. The minimum Gasteiger partial charge on any atom is -0.344 e. The average Bonchev–Trinajstić information content (AvgIpc) is 2.79. The number of para-hydroxylation sites is 1. The predicted octanol–water partition coefficient (Wildman–Crippen LogP) is 5.03. The first kappa shape index (κ1) is 12.0. The molecule has 2 heteroatoms. The highest BCUT2D eigenvalue weighted by Gasteiger charge is 2.11. The Morgan fingerprint density at radius 1 is 1.00 bits per heavy atom. The summed E-state index contributed by atoms with van der Waals surface area (Å²) in [6, 6.07) is 15.4. The van der Waals surface area contributed by atoms with Crippen molar-refractivity contribution in [1.29, 1.82) is 0 Å². The summed E-state index contributed by atoms with van der Waals surface area (Å²) in [5.74, 6) is -0.198. The van der Waals surface area contributed by atoms with Crippen molar-refractivity contribution in [3.63, 3.8) is 0 Å². The fourth-order valence-corrected chi connectivity index (χ4v) is 2.49. The van der Waals surface area contributed by atoms with Gasteiger partial charge in [-0.1, -0.05) is 30.3 Å². The molecule has 0 spiro atoms. The van der Waals surface area contributed by atoms with Crippen LogP contribution in [0, 0.1) is 5.82 Å². The molecule has 0 amide bonds. The Hall–Kier alpha value is -2.09. The van der Waals surface area contributed by atoms with E-state index in [4.69, 9.17) is 0 Å². The zero-order valence-corrected chi connectivity index (χ0v) is 11.1. The number of aromatic nitrogens is 1. The topological polar surface area (TPSA) is 4.93 Å². The van der Waals surface area contributed by atoms with E-state index in [9.17, 15) is 4.39 Å². The Labute approximate surface area is 112 Å². The Balaban J connectivity index is 2.26. The molecular weight excluding hydrogens is 239 g/mol. The second kappa shape index (κ2) is 4.54. The predicted molar refractivity (Wildman–Crippen MR) is 77.7 cm³/mol. The molecule has 2 aromatic carbocycles. The van der Waals surface area contributed by atoms with Gasteiger partial charge >= 0.3 is 0 Å². The molecule has 0 unspecified atom stereocenters. The summed E-state index contributed by atoms with van der Waals surface area (Å²) >= 11 is 0. The number of rotatable bonds is 2. The lowest BCUT2D eigenvalue weighted by molar-refractivity contribution is 0.623. The summed E-state index contributed by atoms with van der Waals surface area (Å²) in [6.45, 7) is 4.34. The third-order valence-corrected chi connectivity index (χ3v) is 3.45. The van der Waals surface area contributed by atoms with Crippen LogP contribution < -0.4 is 0 Å². The van der Waals surface area contributed by atoms with Gasteiger partial charge in [0.25, 0.3) is 0 Å². The van der Waals surface area contributed by atoms with Crippen molar-refractivity contribution in [2.24, 2.45) is 0 Å². The first-order valence-electron chi connectivity index (χ1n) is 6.52. The van der Waals surface area contributed by atoms with E-state index in [1.54, 1.807) is 0 Å². The quantitative estimate of drug-likeness (QED) is 0.605. The number of fused-ring (bicyclic) bond motifs is 1. The summed E-state index contributed by atoms with van der Waals surface area (Å²) in [5.41, 5.74) is 3.43. The van der Waals surface area contributed by atoms with Crippen molar-refractivity contribution in [3.8, 4) is 11.1 Å². The van der Waals surface area contributed by atoms with Gasteiger partial charge in [-0.15, -0.1) is 0 Å². The smallest absolute Gasteiger partial charge is 0.123 e. The molecule has 0 aliphatic heterocycles. The highest BCUT2D eigenvalue weighted by Crippen LogP contribution is 2.32. The minimum absolute atomic E-state index is 0.198. The Morgan fingerprint density at radius 2 is 1.68 bits per heavy atom. The maximum Gasteiger partial charge on any atom is 0.123 e. The normalized spacial score (nSPS) is 11.4. The van der Waals surface area contributed by atoms with Crippen molar-refractivity contribution in [3.05, 3.63) is 60.5 Å². The zero-order valence-electron chi connectivity index (χ0n) is 11.1. The van der Waals surface area contributed by atoms with Crippen LogP contribution in [0.1, 0.15) is 19.9 Å². The summed E-state index contributed by atoms with van der Waals surface area (Å²) in [6.07, 6.45) is 2.16. The third-order valence-electron chi connectivity index (χ3n) is 3.45. The van der Waals surface area contributed by atoms with Crippen molar-refractivity contribution in [1.82, 2.24) is 4.57 Å². The van der Waals surface area contributed by atoms with Gasteiger partial charge in [0.1, 0.15) is 5.82 Å². The van der Waals surface area contributed by atoms with E-state index in [0.717, 1.165) is 11.1 Å². The first-order valence-corrected chi connectivity index (χ1v) is 6.52. The van der Waals surface area contributed by atoms with Gasteiger partial charge in [-0.3, -0.25) is 0 Å². The van der Waals surface area contributed by atoms with Gasteiger partial charge in [0.2, 0.25) is 0 Å². The summed E-state index contributed by atoms with van der Waals surface area (Å²) in [4.78, 5) is 0. The molecule has 3 aromatic rings. The van der Waals surface area contributed by atoms with E-state index < -0.39 is 0 Å². The lowest BCUT2D eigenvalue weighted by Gasteiger charge is -2.08. The van der Waals surface area contributed by atoms with Crippen LogP contribution in [0.25, 0.3) is 22.0 Å². The number of hydrogen-bond acceptors (Lipinski definition) is 0. The van der Waals surface area contributed by atoms with Crippen LogP contribution in [0.3, 0.4) is 0 Å². The lowest BCUT2D eigenvalue weighted by Crippen LogP contribution is -1.97. The van der Waals surface area contributed by atoms with Gasteiger partial charge in [-0.2, -0.15) is 0 Å². The second-order valence-corrected chi connectivity index (χ2v) is 5.07. The number of halogens is 1. The standard InChI is InChI=1S/C17H16FN/c1-12(2)19-11-16(13-7-9-14(18)10-8-13)15-5-3-4-6-17(15)19/h3-12H,1-2H3/i16+2. The minimum atomic E-state index is -0.198. The van der Waals surface area contributed by atoms with E-state index in [0.29, 0.717) is 6.04 Å². The van der Waals surface area contributed by atoms with Gasteiger partial charge < -0.3 is 4.57 Å². The maximum atomic E-state index is 13.0. The van der Waals surface area contributed by atoms with Crippen LogP contribution in [0.4, 0.5) is 4.39 Å². The van der Waals surface area contributed by atoms with Crippen LogP contribution in [0.2, 0.25) is 0 Å². The summed E-state index contributed by atoms with van der Waals surface area (Å²) in [5, 5.41) is 1.21. The number of nitrogens with zero attached hydrogens (tertiary/aromatic N) is 1. The second-order valence-electron chi connectivity index (χ2n) is 5.07. The Kier molecular flexibility index (Phi) is 2.86. The molecule has 1 aromatic heterocycles. The SMILES string of the molecule is CC(C)n1c[14c](-c2ccc(F)cc2)c2ccccc21. The summed E-state index contributed by atoms with van der Waals surface area (Å²) in [7, 11) is 0. The molecule has 0 aliphatic carbocycles. The Morgan fingerprint density at radius 3 is 2.37 bits per heavy atom. The number of hydrogen-bond donors (Lipinski definition) is 0. The van der Waals surface area contributed by atoms with Gasteiger partial charge in [-0.25, -0.2) is 4.39 Å². The van der Waals surface area contributed by atoms with Crippen LogP contribution >= 0.6 is 0 Å². The molecule has 0 saturated carbocycles. The lowest BCUT2D eigenvalue weighted by atomic mass is 10.2. The molecule has 0 aliphatic rings. The van der Waals surface area contributed by atoms with Crippen molar-refractivity contribution >= 4 is 10.9 Å². The number of benzene rings is 2. The molecule has 0 atom stereocenters. The Bertz CT molecular complexity index is 708. The highest BCUT2D eigenvalue weighted by atomic mass is 19.1. The molecule has 0 fully saturated rings. The molecule has 0 N–H and O–H groups in total. The molecule has 3 rings (SSSR count). The highest BCUT2D eigenvalue weighted by molar-refractivity contribution is 5.96. The van der Waals surface area contributed by atoms with E-state index in [-0.39, 0.29) is 5.82 Å². The largest absolute Gasteiger partial charge is 0.344 e. The van der Waals surface area contributed by atoms with Crippen molar-refractivity contribution in [2.45, 2.75) is 19.9 Å². The average molecular weight is 255 g/mol. The molecule has 0 saturated heterocycles. The fraction of sp³-hybridized carbons (Fsp3) is 0.176. The van der Waals surface area contributed by atoms with Gasteiger partial charge in [0.05, 0.1) is 0 Å². The van der Waals surface area contributed by atoms with E-state index >= 15 is 0 Å². The van der Waals surface area contributed by atoms with Gasteiger partial charge in [0, 0.05) is 28.7 Å². The molecule has 19 heavy (non-hydrogen) atoms. The van der Waals surface area contributed by atoms with Crippen LogP contribution in [0.5, 0.6) is 0 Å². The van der Waals surface area contributed by atoms with E-state index in [2.05, 4.69) is 42.8 Å². The third kappa shape index (κ3) is 2.03. The van der Waals surface area contributed by atoms with Gasteiger partial charge in [0.15, 0.2) is 0 Å². The van der Waals surface area contributed by atoms with E-state index in [1.807, 2.05) is 18.2 Å². The molecule has 96 valence electrons. The maximum absolute atomic E-state index is 13.0. The van der Waals surface area contributed by atoms with Gasteiger partial charge in [-0.05, 0) is 37.6 Å². The van der Waals surface area contributed by atoms with Crippen LogP contribution in [0.15, 0.2) is 54.7 Å². The van der Waals surface area contributed by atoms with E-state index in [1.165, 1.54) is 23.0 Å². The molecule has 1 heterocycles. The zero-order chi connectivity index (χ0) is 13.4. The van der Waals surface area contributed by atoms with Crippen molar-refractivity contribution < 1.29 is 4.39 Å². The monoisotopic (exact) mass is 255 g/mol. The molecular formula is C17H16FN. The van der Waals surface area contributed by atoms with Crippen molar-refractivity contribution in [2.75, 3.05) is 0 Å².